The van der Waals surface area contributed by atoms with Gasteiger partial charge in [-0.05, 0) is 36.2 Å². The van der Waals surface area contributed by atoms with Crippen LogP contribution in [0.25, 0.3) is 11.4 Å². The molecule has 1 aliphatic heterocycles. The van der Waals surface area contributed by atoms with Gasteiger partial charge in [-0.2, -0.15) is 0 Å². The minimum absolute atomic E-state index is 0.199. The molecule has 30 heavy (non-hydrogen) atoms. The number of pyridine rings is 1. The van der Waals surface area contributed by atoms with Gasteiger partial charge in [0.15, 0.2) is 0 Å². The average Bonchev–Trinajstić information content (AvgIpc) is 3.43. The van der Waals surface area contributed by atoms with Crippen LogP contribution in [-0.2, 0) is 16.0 Å². The van der Waals surface area contributed by atoms with Crippen molar-refractivity contribution >= 4 is 6.47 Å². The summed E-state index contributed by atoms with van der Waals surface area (Å²) in [7, 11) is 3.33. The number of imidazole rings is 1. The van der Waals surface area contributed by atoms with Gasteiger partial charge >= 0.3 is 0 Å². The Bertz CT molecular complexity index is 923. The van der Waals surface area contributed by atoms with Gasteiger partial charge in [-0.15, -0.1) is 0 Å². The fourth-order valence-electron chi connectivity index (χ4n) is 3.76. The average molecular weight is 411 g/mol. The minimum atomic E-state index is -0.250. The van der Waals surface area contributed by atoms with E-state index in [4.69, 9.17) is 24.1 Å². The second kappa shape index (κ2) is 10.4. The van der Waals surface area contributed by atoms with Crippen LogP contribution in [0.1, 0.15) is 11.6 Å². The number of carbonyl (C=O) groups is 1. The normalized spacial score (nSPS) is 17.7. The molecule has 1 aliphatic rings. The fraction of sp³-hybridized carbons (Fsp3) is 0.318. The number of ether oxygens (including phenoxy) is 3. The number of nitrogens with zero attached hydrogens (tertiary/aromatic N) is 3. The maximum atomic E-state index is 8.36. The molecule has 3 heterocycles. The number of carboxylic acid groups (broad SMARTS) is 1. The molecule has 0 aliphatic carbocycles. The summed E-state index contributed by atoms with van der Waals surface area (Å²) in [5.74, 6) is 2.68. The van der Waals surface area contributed by atoms with Crippen molar-refractivity contribution in [3.63, 3.8) is 0 Å². The van der Waals surface area contributed by atoms with E-state index in [1.807, 2.05) is 43.0 Å². The molecule has 1 aromatic carbocycles. The highest BCUT2D eigenvalue weighted by atomic mass is 16.5. The van der Waals surface area contributed by atoms with E-state index in [1.165, 1.54) is 5.56 Å². The Balaban J connectivity index is 0.000000806. The first-order valence-electron chi connectivity index (χ1n) is 9.52. The summed E-state index contributed by atoms with van der Waals surface area (Å²) in [5.41, 5.74) is 2.13. The third-order valence-electron chi connectivity index (χ3n) is 5.09. The lowest BCUT2D eigenvalue weighted by Gasteiger charge is -2.22. The maximum Gasteiger partial charge on any atom is 0.290 e. The Hall–Kier alpha value is -3.39. The molecule has 1 fully saturated rings. The molecule has 2 atom stereocenters. The van der Waals surface area contributed by atoms with Crippen molar-refractivity contribution in [2.45, 2.75) is 12.5 Å². The monoisotopic (exact) mass is 411 g/mol. The first kappa shape index (κ1) is 21.3. The molecule has 8 nitrogen and oxygen atoms in total. The SMILES string of the molecule is COc1cccc(OC)c1-c1nccn1[C@@H]1COC[C@@H]1Cc1ccncc1.O=CO. The topological polar surface area (TPSA) is 95.7 Å². The van der Waals surface area contributed by atoms with Gasteiger partial charge in [-0.1, -0.05) is 6.07 Å². The van der Waals surface area contributed by atoms with Gasteiger partial charge in [0.05, 0.1) is 33.5 Å². The highest BCUT2D eigenvalue weighted by molar-refractivity contribution is 5.72. The van der Waals surface area contributed by atoms with Gasteiger partial charge in [-0.3, -0.25) is 9.78 Å². The van der Waals surface area contributed by atoms with Gasteiger partial charge in [0.1, 0.15) is 22.9 Å². The zero-order chi connectivity index (χ0) is 21.3. The Morgan fingerprint density at radius 1 is 1.13 bits per heavy atom. The molecule has 0 radical (unpaired) electrons. The molecule has 8 heteroatoms. The first-order valence-corrected chi connectivity index (χ1v) is 9.52. The molecule has 1 saturated heterocycles. The largest absolute Gasteiger partial charge is 0.496 e. The summed E-state index contributed by atoms with van der Waals surface area (Å²) >= 11 is 0. The number of benzene rings is 1. The smallest absolute Gasteiger partial charge is 0.290 e. The van der Waals surface area contributed by atoms with Crippen molar-refractivity contribution in [2.75, 3.05) is 27.4 Å². The van der Waals surface area contributed by atoms with Crippen molar-refractivity contribution in [1.82, 2.24) is 14.5 Å². The highest BCUT2D eigenvalue weighted by Crippen LogP contribution is 2.40. The van der Waals surface area contributed by atoms with Gasteiger partial charge in [0.2, 0.25) is 0 Å². The zero-order valence-corrected chi connectivity index (χ0v) is 17.0. The van der Waals surface area contributed by atoms with Gasteiger partial charge in [0.25, 0.3) is 6.47 Å². The van der Waals surface area contributed by atoms with E-state index in [2.05, 4.69) is 26.7 Å². The summed E-state index contributed by atoms with van der Waals surface area (Å²) in [4.78, 5) is 17.1. The number of hydrogen-bond donors (Lipinski definition) is 1. The lowest BCUT2D eigenvalue weighted by Crippen LogP contribution is -2.20. The van der Waals surface area contributed by atoms with Crippen LogP contribution in [-0.4, -0.2) is 53.5 Å². The molecule has 0 amide bonds. The van der Waals surface area contributed by atoms with Crippen molar-refractivity contribution in [1.29, 1.82) is 0 Å². The summed E-state index contributed by atoms with van der Waals surface area (Å²) in [6.07, 6.45) is 8.45. The molecule has 2 aromatic heterocycles. The van der Waals surface area contributed by atoms with Gasteiger partial charge in [-0.25, -0.2) is 4.98 Å². The summed E-state index contributed by atoms with van der Waals surface area (Å²) < 4.78 is 19.2. The Morgan fingerprint density at radius 2 is 1.80 bits per heavy atom. The molecular weight excluding hydrogens is 386 g/mol. The summed E-state index contributed by atoms with van der Waals surface area (Å²) in [5, 5.41) is 6.89. The molecule has 0 bridgehead atoms. The van der Waals surface area contributed by atoms with E-state index in [0.29, 0.717) is 12.5 Å². The van der Waals surface area contributed by atoms with E-state index in [-0.39, 0.29) is 12.5 Å². The first-order chi connectivity index (χ1) is 14.7. The molecule has 1 N–H and O–H groups in total. The van der Waals surface area contributed by atoms with Crippen LogP contribution in [0.5, 0.6) is 11.5 Å². The van der Waals surface area contributed by atoms with E-state index in [0.717, 1.165) is 35.9 Å². The summed E-state index contributed by atoms with van der Waals surface area (Å²) in [6.45, 7) is 1.14. The third kappa shape index (κ3) is 4.60. The number of aromatic nitrogens is 3. The van der Waals surface area contributed by atoms with Crippen LogP contribution in [0, 0.1) is 5.92 Å². The summed E-state index contributed by atoms with van der Waals surface area (Å²) in [6, 6.07) is 10.1. The fourth-order valence-corrected chi connectivity index (χ4v) is 3.76. The third-order valence-corrected chi connectivity index (χ3v) is 5.09. The van der Waals surface area contributed by atoms with E-state index < -0.39 is 0 Å². The van der Waals surface area contributed by atoms with E-state index in [9.17, 15) is 0 Å². The van der Waals surface area contributed by atoms with Crippen molar-refractivity contribution in [3.8, 4) is 22.9 Å². The van der Waals surface area contributed by atoms with E-state index in [1.54, 1.807) is 14.2 Å². The van der Waals surface area contributed by atoms with Crippen molar-refractivity contribution < 1.29 is 24.1 Å². The number of rotatable bonds is 6. The lowest BCUT2D eigenvalue weighted by atomic mass is 9.95. The van der Waals surface area contributed by atoms with Crippen molar-refractivity contribution in [3.05, 3.63) is 60.7 Å². The molecule has 4 rings (SSSR count). The number of hydrogen-bond acceptors (Lipinski definition) is 6. The lowest BCUT2D eigenvalue weighted by molar-refractivity contribution is -0.122. The van der Waals surface area contributed by atoms with Crippen molar-refractivity contribution in [2.24, 2.45) is 5.92 Å². The van der Waals surface area contributed by atoms with Crippen LogP contribution in [0.4, 0.5) is 0 Å². The predicted octanol–water partition coefficient (Wildman–Crippen LogP) is 3.09. The van der Waals surface area contributed by atoms with Gasteiger partial charge in [0, 0.05) is 30.7 Å². The molecule has 3 aromatic rings. The standard InChI is InChI=1S/C21H23N3O3.CH2O2/c1-25-18-4-3-5-19(26-2)20(18)21-23-10-11-24(21)17-14-27-13-16(17)12-15-6-8-22-9-7-15;2-1-3/h3-11,16-17H,12-14H2,1-2H3;1H,(H,2,3)/t16-,17+;/m0./s1. The number of methoxy groups -OCH3 is 2. The minimum Gasteiger partial charge on any atom is -0.496 e. The quantitative estimate of drug-likeness (QED) is 0.623. The second-order valence-electron chi connectivity index (χ2n) is 6.73. The Labute approximate surface area is 175 Å². The van der Waals surface area contributed by atoms with Crippen LogP contribution in [0.2, 0.25) is 0 Å². The molecule has 158 valence electrons. The molecule has 0 saturated carbocycles. The van der Waals surface area contributed by atoms with Crippen LogP contribution in [0.3, 0.4) is 0 Å². The van der Waals surface area contributed by atoms with Gasteiger partial charge < -0.3 is 23.9 Å². The Morgan fingerprint density at radius 3 is 2.43 bits per heavy atom. The highest BCUT2D eigenvalue weighted by Gasteiger charge is 2.32. The van der Waals surface area contributed by atoms with E-state index >= 15 is 0 Å². The zero-order valence-electron chi connectivity index (χ0n) is 17.0. The van der Waals surface area contributed by atoms with Crippen LogP contribution in [0.15, 0.2) is 55.1 Å². The Kier molecular flexibility index (Phi) is 7.40. The molecular formula is C22H25N3O5. The predicted molar refractivity (Wildman–Crippen MR) is 111 cm³/mol. The van der Waals surface area contributed by atoms with Crippen LogP contribution >= 0.6 is 0 Å². The molecule has 0 spiro atoms. The maximum absolute atomic E-state index is 8.36. The molecule has 0 unspecified atom stereocenters. The second-order valence-corrected chi connectivity index (χ2v) is 6.73. The van der Waals surface area contributed by atoms with Crippen LogP contribution < -0.4 is 9.47 Å².